The zero-order chi connectivity index (χ0) is 14.8. The number of aromatic nitrogens is 2. The highest BCUT2D eigenvalue weighted by Gasteiger charge is 2.29. The molecule has 0 aliphatic carbocycles. The normalized spacial score (nSPS) is 18.7. The molecule has 1 aliphatic heterocycles. The Morgan fingerprint density at radius 3 is 2.95 bits per heavy atom. The molecule has 4 heteroatoms. The van der Waals surface area contributed by atoms with Crippen LogP contribution in [-0.4, -0.2) is 28.1 Å². The van der Waals surface area contributed by atoms with E-state index < -0.39 is 0 Å². The number of rotatable bonds is 5. The SMILES string of the molecule is CCn1nc(C)cc1CC(NC)C1Cc2ccccc2S1. The van der Waals surface area contributed by atoms with E-state index in [1.54, 1.807) is 0 Å². The van der Waals surface area contributed by atoms with Crippen LogP contribution in [0.25, 0.3) is 0 Å². The van der Waals surface area contributed by atoms with Crippen molar-refractivity contribution in [2.24, 2.45) is 0 Å². The monoisotopic (exact) mass is 301 g/mol. The first-order valence-corrected chi connectivity index (χ1v) is 8.54. The average molecular weight is 301 g/mol. The van der Waals surface area contributed by atoms with E-state index in [4.69, 9.17) is 0 Å². The van der Waals surface area contributed by atoms with Gasteiger partial charge in [-0.2, -0.15) is 5.10 Å². The summed E-state index contributed by atoms with van der Waals surface area (Å²) in [7, 11) is 2.08. The molecule has 0 amide bonds. The number of likely N-dealkylation sites (N-methyl/N-ethyl adjacent to an activating group) is 1. The lowest BCUT2D eigenvalue weighted by atomic mass is 10.0. The van der Waals surface area contributed by atoms with Crippen LogP contribution in [0, 0.1) is 6.92 Å². The molecule has 3 nitrogen and oxygen atoms in total. The number of hydrogen-bond donors (Lipinski definition) is 1. The Labute approximate surface area is 131 Å². The van der Waals surface area contributed by atoms with Crippen molar-refractivity contribution >= 4 is 11.8 Å². The molecular weight excluding hydrogens is 278 g/mol. The highest BCUT2D eigenvalue weighted by molar-refractivity contribution is 8.00. The highest BCUT2D eigenvalue weighted by Crippen LogP contribution is 2.38. The van der Waals surface area contributed by atoms with Crippen molar-refractivity contribution in [1.82, 2.24) is 15.1 Å². The van der Waals surface area contributed by atoms with Crippen LogP contribution in [0.15, 0.2) is 35.2 Å². The van der Waals surface area contributed by atoms with Gasteiger partial charge >= 0.3 is 0 Å². The average Bonchev–Trinajstić information content (AvgIpc) is 3.07. The van der Waals surface area contributed by atoms with Gasteiger partial charge in [0.15, 0.2) is 0 Å². The minimum Gasteiger partial charge on any atom is -0.315 e. The van der Waals surface area contributed by atoms with Crippen LogP contribution in [0.4, 0.5) is 0 Å². The number of aryl methyl sites for hydroxylation is 2. The molecule has 2 heterocycles. The van der Waals surface area contributed by atoms with Gasteiger partial charge in [0, 0.05) is 34.8 Å². The molecule has 0 fully saturated rings. The summed E-state index contributed by atoms with van der Waals surface area (Å²) in [4.78, 5) is 1.45. The number of fused-ring (bicyclic) bond motifs is 1. The maximum atomic E-state index is 4.56. The molecule has 0 spiro atoms. The topological polar surface area (TPSA) is 29.9 Å². The van der Waals surface area contributed by atoms with Crippen molar-refractivity contribution in [3.63, 3.8) is 0 Å². The first kappa shape index (κ1) is 14.7. The summed E-state index contributed by atoms with van der Waals surface area (Å²) in [6.07, 6.45) is 2.20. The summed E-state index contributed by atoms with van der Waals surface area (Å²) in [6.45, 7) is 5.17. The third-order valence-corrected chi connectivity index (χ3v) is 5.66. The summed E-state index contributed by atoms with van der Waals surface area (Å²) < 4.78 is 2.13. The molecule has 1 aliphatic rings. The van der Waals surface area contributed by atoms with E-state index in [-0.39, 0.29) is 0 Å². The number of nitrogens with one attached hydrogen (secondary N) is 1. The van der Waals surface area contributed by atoms with E-state index in [2.05, 4.69) is 66.3 Å². The summed E-state index contributed by atoms with van der Waals surface area (Å²) in [6, 6.07) is 11.5. The van der Waals surface area contributed by atoms with E-state index >= 15 is 0 Å². The van der Waals surface area contributed by atoms with Gasteiger partial charge < -0.3 is 5.32 Å². The smallest absolute Gasteiger partial charge is 0.0596 e. The maximum absolute atomic E-state index is 4.56. The van der Waals surface area contributed by atoms with Gasteiger partial charge in [0.25, 0.3) is 0 Å². The Hall–Kier alpha value is -1.26. The second-order valence-corrected chi connectivity index (χ2v) is 6.94. The molecule has 3 rings (SSSR count). The molecule has 2 aromatic rings. The quantitative estimate of drug-likeness (QED) is 0.920. The molecule has 0 bridgehead atoms. The second kappa shape index (κ2) is 6.24. The Kier molecular flexibility index (Phi) is 4.36. The van der Waals surface area contributed by atoms with Crippen LogP contribution in [0.3, 0.4) is 0 Å². The second-order valence-electron chi connectivity index (χ2n) is 5.66. The molecule has 21 heavy (non-hydrogen) atoms. The van der Waals surface area contributed by atoms with Crippen LogP contribution >= 0.6 is 11.8 Å². The van der Waals surface area contributed by atoms with Gasteiger partial charge in [-0.1, -0.05) is 18.2 Å². The zero-order valence-corrected chi connectivity index (χ0v) is 13.8. The Morgan fingerprint density at radius 2 is 2.24 bits per heavy atom. The zero-order valence-electron chi connectivity index (χ0n) is 13.0. The molecule has 0 saturated carbocycles. The summed E-state index contributed by atoms with van der Waals surface area (Å²) >= 11 is 2.02. The van der Waals surface area contributed by atoms with Crippen molar-refractivity contribution in [1.29, 1.82) is 0 Å². The third kappa shape index (κ3) is 3.01. The molecule has 1 aromatic carbocycles. The van der Waals surface area contributed by atoms with Crippen LogP contribution in [0.2, 0.25) is 0 Å². The van der Waals surface area contributed by atoms with Crippen molar-refractivity contribution in [2.45, 2.75) is 49.4 Å². The van der Waals surface area contributed by atoms with Crippen molar-refractivity contribution in [2.75, 3.05) is 7.05 Å². The minimum atomic E-state index is 0.476. The molecule has 0 saturated heterocycles. The lowest BCUT2D eigenvalue weighted by Crippen LogP contribution is -2.38. The molecule has 1 N–H and O–H groups in total. The Morgan fingerprint density at radius 1 is 1.43 bits per heavy atom. The number of nitrogens with zero attached hydrogens (tertiary/aromatic N) is 2. The Bertz CT molecular complexity index is 595. The number of benzene rings is 1. The number of thioether (sulfide) groups is 1. The summed E-state index contributed by atoms with van der Waals surface area (Å²) in [5.41, 5.74) is 3.95. The van der Waals surface area contributed by atoms with Crippen molar-refractivity contribution in [3.05, 3.63) is 47.3 Å². The van der Waals surface area contributed by atoms with Gasteiger partial charge in [-0.15, -0.1) is 11.8 Å². The standard InChI is InChI=1S/C17H23N3S/c1-4-20-14(9-12(2)19-20)11-15(18-3)17-10-13-7-5-6-8-16(13)21-17/h5-9,15,17-18H,4,10-11H2,1-3H3. The van der Waals surface area contributed by atoms with Gasteiger partial charge in [0.2, 0.25) is 0 Å². The molecule has 2 atom stereocenters. The van der Waals surface area contributed by atoms with Crippen LogP contribution in [0.5, 0.6) is 0 Å². The highest BCUT2D eigenvalue weighted by atomic mass is 32.2. The molecular formula is C17H23N3S. The molecule has 2 unspecified atom stereocenters. The first-order valence-electron chi connectivity index (χ1n) is 7.66. The lowest BCUT2D eigenvalue weighted by molar-refractivity contribution is 0.507. The number of hydrogen-bond acceptors (Lipinski definition) is 3. The fourth-order valence-corrected chi connectivity index (χ4v) is 4.56. The van der Waals surface area contributed by atoms with E-state index in [0.717, 1.165) is 25.1 Å². The van der Waals surface area contributed by atoms with Crippen LogP contribution < -0.4 is 5.32 Å². The minimum absolute atomic E-state index is 0.476. The molecule has 1 aromatic heterocycles. The van der Waals surface area contributed by atoms with E-state index in [1.165, 1.54) is 16.2 Å². The van der Waals surface area contributed by atoms with E-state index in [9.17, 15) is 0 Å². The van der Waals surface area contributed by atoms with Gasteiger partial charge in [-0.05, 0) is 45.0 Å². The summed E-state index contributed by atoms with van der Waals surface area (Å²) in [5.74, 6) is 0. The van der Waals surface area contributed by atoms with Crippen molar-refractivity contribution < 1.29 is 0 Å². The van der Waals surface area contributed by atoms with Gasteiger partial charge in [0.05, 0.1) is 5.69 Å². The molecule has 0 radical (unpaired) electrons. The summed E-state index contributed by atoms with van der Waals surface area (Å²) in [5, 5.41) is 8.70. The Balaban J connectivity index is 1.75. The third-order valence-electron chi connectivity index (χ3n) is 4.21. The predicted octanol–water partition coefficient (Wildman–Crippen LogP) is 3.06. The fraction of sp³-hybridized carbons (Fsp3) is 0.471. The van der Waals surface area contributed by atoms with Crippen molar-refractivity contribution in [3.8, 4) is 0 Å². The molecule has 112 valence electrons. The first-order chi connectivity index (χ1) is 10.2. The van der Waals surface area contributed by atoms with Crippen LogP contribution in [0.1, 0.15) is 23.9 Å². The van der Waals surface area contributed by atoms with E-state index in [1.807, 2.05) is 11.8 Å². The van der Waals surface area contributed by atoms with Crippen LogP contribution in [-0.2, 0) is 19.4 Å². The van der Waals surface area contributed by atoms with Gasteiger partial charge in [-0.25, -0.2) is 0 Å². The lowest BCUT2D eigenvalue weighted by Gasteiger charge is -2.22. The maximum Gasteiger partial charge on any atom is 0.0596 e. The predicted molar refractivity (Wildman–Crippen MR) is 89.0 cm³/mol. The fourth-order valence-electron chi connectivity index (χ4n) is 3.12. The van der Waals surface area contributed by atoms with Gasteiger partial charge in [0.1, 0.15) is 0 Å². The van der Waals surface area contributed by atoms with E-state index in [0.29, 0.717) is 11.3 Å². The van der Waals surface area contributed by atoms with Gasteiger partial charge in [-0.3, -0.25) is 4.68 Å². The largest absolute Gasteiger partial charge is 0.315 e.